The van der Waals surface area contributed by atoms with E-state index in [-0.39, 0.29) is 12.5 Å². The Bertz CT molecular complexity index is 459. The van der Waals surface area contributed by atoms with Crippen molar-refractivity contribution in [1.82, 2.24) is 0 Å². The Morgan fingerprint density at radius 1 is 1.32 bits per heavy atom. The molecule has 0 aromatic heterocycles. The Morgan fingerprint density at radius 3 is 2.84 bits per heavy atom. The fraction of sp³-hybridized carbons (Fsp3) is 0.533. The van der Waals surface area contributed by atoms with Crippen LogP contribution in [0.25, 0.3) is 0 Å². The predicted octanol–water partition coefficient (Wildman–Crippen LogP) is 1.80. The first-order valence-electron chi connectivity index (χ1n) is 6.85. The fourth-order valence-corrected chi connectivity index (χ4v) is 2.47. The molecule has 104 valence electrons. The van der Waals surface area contributed by atoms with Gasteiger partial charge in [-0.25, -0.2) is 0 Å². The Labute approximate surface area is 114 Å². The van der Waals surface area contributed by atoms with Crippen molar-refractivity contribution in [3.8, 4) is 0 Å². The van der Waals surface area contributed by atoms with Crippen molar-refractivity contribution >= 4 is 17.3 Å². The number of fused-ring (bicyclic) bond motifs is 1. The molecule has 0 saturated carbocycles. The Kier molecular flexibility index (Phi) is 4.43. The summed E-state index contributed by atoms with van der Waals surface area (Å²) < 4.78 is 0. The van der Waals surface area contributed by atoms with Crippen molar-refractivity contribution in [3.05, 3.63) is 23.8 Å². The number of hydrogen-bond donors (Lipinski definition) is 1. The summed E-state index contributed by atoms with van der Waals surface area (Å²) in [4.78, 5) is 15.6. The molecule has 0 unspecified atom stereocenters. The molecule has 19 heavy (non-hydrogen) atoms. The zero-order valence-corrected chi connectivity index (χ0v) is 11.7. The minimum atomic E-state index is 0.191. The predicted molar refractivity (Wildman–Crippen MR) is 77.8 cm³/mol. The van der Waals surface area contributed by atoms with Gasteiger partial charge in [-0.1, -0.05) is 0 Å². The summed E-state index contributed by atoms with van der Waals surface area (Å²) in [5, 5.41) is 8.81. The van der Waals surface area contributed by atoms with Gasteiger partial charge in [-0.2, -0.15) is 0 Å². The average molecular weight is 262 g/mol. The lowest BCUT2D eigenvalue weighted by Gasteiger charge is -2.28. The summed E-state index contributed by atoms with van der Waals surface area (Å²) in [5.74, 6) is 0.191. The number of amides is 1. The molecule has 0 saturated heterocycles. The van der Waals surface area contributed by atoms with Gasteiger partial charge in [0.1, 0.15) is 0 Å². The summed E-state index contributed by atoms with van der Waals surface area (Å²) in [6.07, 6.45) is 3.26. The number of hydrogen-bond acceptors (Lipinski definition) is 3. The van der Waals surface area contributed by atoms with Crippen molar-refractivity contribution in [2.24, 2.45) is 0 Å². The number of unbranched alkanes of at least 4 members (excludes halogenated alkanes) is 1. The van der Waals surface area contributed by atoms with E-state index in [9.17, 15) is 4.79 Å². The molecule has 1 heterocycles. The van der Waals surface area contributed by atoms with Gasteiger partial charge in [0.2, 0.25) is 5.91 Å². The topological polar surface area (TPSA) is 43.8 Å². The van der Waals surface area contributed by atoms with Crippen LogP contribution < -0.4 is 9.80 Å². The zero-order valence-electron chi connectivity index (χ0n) is 11.7. The van der Waals surface area contributed by atoms with Gasteiger partial charge in [0, 0.05) is 45.0 Å². The smallest absolute Gasteiger partial charge is 0.227 e. The van der Waals surface area contributed by atoms with Crippen molar-refractivity contribution in [1.29, 1.82) is 0 Å². The molecule has 0 bridgehead atoms. The molecule has 1 N–H and O–H groups in total. The lowest BCUT2D eigenvalue weighted by molar-refractivity contribution is -0.118. The van der Waals surface area contributed by atoms with Crippen LogP contribution in [0.5, 0.6) is 0 Å². The van der Waals surface area contributed by atoms with Gasteiger partial charge in [0.25, 0.3) is 0 Å². The van der Waals surface area contributed by atoms with Gasteiger partial charge in [0.15, 0.2) is 0 Å². The number of aliphatic hydroxyl groups is 1. The van der Waals surface area contributed by atoms with Crippen LogP contribution in [-0.4, -0.2) is 38.3 Å². The van der Waals surface area contributed by atoms with Gasteiger partial charge in [-0.05, 0) is 43.0 Å². The zero-order chi connectivity index (χ0) is 13.8. The number of nitrogens with zero attached hydrogens (tertiary/aromatic N) is 2. The maximum absolute atomic E-state index is 11.6. The Balaban J connectivity index is 2.10. The number of anilines is 2. The second-order valence-corrected chi connectivity index (χ2v) is 5.12. The second kappa shape index (κ2) is 6.06. The van der Waals surface area contributed by atoms with Crippen LogP contribution in [-0.2, 0) is 11.2 Å². The minimum absolute atomic E-state index is 0.191. The second-order valence-electron chi connectivity index (χ2n) is 5.12. The van der Waals surface area contributed by atoms with E-state index in [1.54, 1.807) is 4.90 Å². The largest absolute Gasteiger partial charge is 0.396 e. The number of benzene rings is 1. The molecule has 0 aliphatic carbocycles. The van der Waals surface area contributed by atoms with Crippen LogP contribution in [0.4, 0.5) is 11.4 Å². The van der Waals surface area contributed by atoms with E-state index in [4.69, 9.17) is 5.11 Å². The van der Waals surface area contributed by atoms with E-state index in [0.29, 0.717) is 6.42 Å². The Hall–Kier alpha value is -1.55. The summed E-state index contributed by atoms with van der Waals surface area (Å²) in [6.45, 7) is 1.19. The van der Waals surface area contributed by atoms with Gasteiger partial charge < -0.3 is 14.9 Å². The average Bonchev–Trinajstić information content (AvgIpc) is 2.43. The van der Waals surface area contributed by atoms with E-state index >= 15 is 0 Å². The highest BCUT2D eigenvalue weighted by molar-refractivity contribution is 5.96. The number of carbonyl (C=O) groups excluding carboxylic acids is 1. The van der Waals surface area contributed by atoms with Crippen molar-refractivity contribution in [2.45, 2.75) is 25.7 Å². The lowest BCUT2D eigenvalue weighted by Crippen LogP contribution is -2.31. The monoisotopic (exact) mass is 262 g/mol. The Morgan fingerprint density at radius 2 is 2.11 bits per heavy atom. The minimum Gasteiger partial charge on any atom is -0.396 e. The maximum atomic E-state index is 11.6. The van der Waals surface area contributed by atoms with Crippen LogP contribution in [0.3, 0.4) is 0 Å². The van der Waals surface area contributed by atoms with E-state index < -0.39 is 0 Å². The maximum Gasteiger partial charge on any atom is 0.227 e. The molecule has 4 heteroatoms. The third-order valence-corrected chi connectivity index (χ3v) is 3.75. The van der Waals surface area contributed by atoms with Crippen molar-refractivity contribution in [2.75, 3.05) is 37.0 Å². The summed E-state index contributed by atoms with van der Waals surface area (Å²) in [5.41, 5.74) is 3.46. The molecule has 1 aromatic rings. The summed E-state index contributed by atoms with van der Waals surface area (Å²) in [7, 11) is 3.90. The first-order valence-corrected chi connectivity index (χ1v) is 6.85. The van der Waals surface area contributed by atoms with Crippen LogP contribution in [0.15, 0.2) is 18.2 Å². The number of rotatable bonds is 5. The standard InChI is InChI=1S/C15H22N2O2/c1-16(9-3-4-10-18)13-6-7-14-12(11-13)5-8-15(19)17(14)2/h6-7,11,18H,3-5,8-10H2,1-2H3. The normalized spacial score (nSPS) is 14.5. The van der Waals surface area contributed by atoms with Crippen LogP contribution in [0.2, 0.25) is 0 Å². The highest BCUT2D eigenvalue weighted by Crippen LogP contribution is 2.30. The molecule has 0 atom stereocenters. The van der Waals surface area contributed by atoms with Crippen molar-refractivity contribution < 1.29 is 9.90 Å². The number of carbonyl (C=O) groups is 1. The molecular formula is C15H22N2O2. The third kappa shape index (κ3) is 3.07. The molecule has 1 aliphatic rings. The molecule has 1 aliphatic heterocycles. The van der Waals surface area contributed by atoms with Crippen LogP contribution in [0, 0.1) is 0 Å². The summed E-state index contributed by atoms with van der Waals surface area (Å²) in [6, 6.07) is 6.27. The molecule has 0 fully saturated rings. The first-order chi connectivity index (χ1) is 9.13. The highest BCUT2D eigenvalue weighted by Gasteiger charge is 2.21. The molecular weight excluding hydrogens is 240 g/mol. The van der Waals surface area contributed by atoms with Crippen LogP contribution >= 0.6 is 0 Å². The SMILES string of the molecule is CN(CCCCO)c1ccc2c(c1)CCC(=O)N2C. The van der Waals surface area contributed by atoms with Gasteiger partial charge in [0.05, 0.1) is 0 Å². The third-order valence-electron chi connectivity index (χ3n) is 3.75. The number of aliphatic hydroxyl groups excluding tert-OH is 1. The fourth-order valence-electron chi connectivity index (χ4n) is 2.47. The van der Waals surface area contributed by atoms with E-state index in [0.717, 1.165) is 31.5 Å². The van der Waals surface area contributed by atoms with Crippen molar-refractivity contribution in [3.63, 3.8) is 0 Å². The van der Waals surface area contributed by atoms with E-state index in [1.807, 2.05) is 13.1 Å². The molecule has 0 radical (unpaired) electrons. The first kappa shape index (κ1) is 13.9. The van der Waals surface area contributed by atoms with Gasteiger partial charge in [-0.3, -0.25) is 4.79 Å². The lowest BCUT2D eigenvalue weighted by atomic mass is 10.0. The van der Waals surface area contributed by atoms with E-state index in [1.165, 1.54) is 11.3 Å². The molecule has 2 rings (SSSR count). The van der Waals surface area contributed by atoms with Crippen LogP contribution in [0.1, 0.15) is 24.8 Å². The highest BCUT2D eigenvalue weighted by atomic mass is 16.2. The molecule has 1 aromatic carbocycles. The quantitative estimate of drug-likeness (QED) is 0.823. The molecule has 1 amide bonds. The van der Waals surface area contributed by atoms with Gasteiger partial charge >= 0.3 is 0 Å². The molecule has 0 spiro atoms. The number of aryl methyl sites for hydroxylation is 1. The molecule has 4 nitrogen and oxygen atoms in total. The van der Waals surface area contributed by atoms with Gasteiger partial charge in [-0.15, -0.1) is 0 Å². The summed E-state index contributed by atoms with van der Waals surface area (Å²) >= 11 is 0. The van der Waals surface area contributed by atoms with E-state index in [2.05, 4.69) is 24.1 Å².